The van der Waals surface area contributed by atoms with Crippen molar-refractivity contribution in [3.8, 4) is 0 Å². The lowest BCUT2D eigenvalue weighted by atomic mass is 10.2. The second-order valence-electron chi connectivity index (χ2n) is 4.53. The summed E-state index contributed by atoms with van der Waals surface area (Å²) < 4.78 is 6.11. The topological polar surface area (TPSA) is 41.5 Å². The molecule has 108 valence electrons. The van der Waals surface area contributed by atoms with Crippen molar-refractivity contribution in [2.45, 2.75) is 18.4 Å². The Morgan fingerprint density at radius 1 is 1.47 bits per heavy atom. The van der Waals surface area contributed by atoms with E-state index in [0.29, 0.717) is 5.92 Å². The minimum Gasteiger partial charge on any atom is -0.396 e. The van der Waals surface area contributed by atoms with Gasteiger partial charge in [-0.25, -0.2) is 0 Å². The first-order valence-corrected chi connectivity index (χ1v) is 8.17. The van der Waals surface area contributed by atoms with E-state index in [0.717, 1.165) is 29.9 Å². The highest BCUT2D eigenvalue weighted by atomic mass is 79.9. The van der Waals surface area contributed by atoms with E-state index >= 15 is 0 Å². The third-order valence-electron chi connectivity index (χ3n) is 2.64. The van der Waals surface area contributed by atoms with Crippen molar-refractivity contribution >= 4 is 27.7 Å². The van der Waals surface area contributed by atoms with Gasteiger partial charge in [0.15, 0.2) is 0 Å². The number of ether oxygens (including phenoxy) is 1. The van der Waals surface area contributed by atoms with E-state index in [2.05, 4.69) is 46.4 Å². The van der Waals surface area contributed by atoms with Crippen LogP contribution in [-0.4, -0.2) is 37.7 Å². The molecular formula is C14H22BrNO2S. The van der Waals surface area contributed by atoms with Gasteiger partial charge in [-0.2, -0.15) is 0 Å². The number of methoxy groups -OCH3 is 1. The van der Waals surface area contributed by atoms with Gasteiger partial charge < -0.3 is 15.2 Å². The van der Waals surface area contributed by atoms with Crippen LogP contribution >= 0.6 is 27.7 Å². The molecule has 5 heteroatoms. The summed E-state index contributed by atoms with van der Waals surface area (Å²) in [7, 11) is 1.71. The minimum atomic E-state index is 0.242. The molecule has 0 radical (unpaired) electrons. The number of nitrogens with one attached hydrogen (secondary N) is 1. The van der Waals surface area contributed by atoms with Crippen molar-refractivity contribution in [1.29, 1.82) is 0 Å². The van der Waals surface area contributed by atoms with Crippen molar-refractivity contribution in [2.75, 3.05) is 32.6 Å². The summed E-state index contributed by atoms with van der Waals surface area (Å²) in [5.41, 5.74) is 1.25. The molecule has 1 aromatic rings. The fraction of sp³-hybridized carbons (Fsp3) is 0.571. The summed E-state index contributed by atoms with van der Waals surface area (Å²) in [5.74, 6) is 1.26. The summed E-state index contributed by atoms with van der Waals surface area (Å²) in [5, 5.41) is 12.3. The van der Waals surface area contributed by atoms with Crippen LogP contribution in [0, 0.1) is 5.92 Å². The lowest BCUT2D eigenvalue weighted by Crippen LogP contribution is -2.18. The number of hydrogen-bond donors (Lipinski definition) is 2. The standard InChI is InChI=1S/C14H22BrNO2S/c1-11(9-17)10-19-14-4-3-12(7-13(14)15)8-16-5-6-18-2/h3-4,7,11,16-17H,5-6,8-10H2,1-2H3. The van der Waals surface area contributed by atoms with Gasteiger partial charge in [0.25, 0.3) is 0 Å². The van der Waals surface area contributed by atoms with Crippen molar-refractivity contribution in [3.05, 3.63) is 28.2 Å². The Hall–Kier alpha value is -0.0700. The molecule has 0 fully saturated rings. The second kappa shape index (κ2) is 9.77. The summed E-state index contributed by atoms with van der Waals surface area (Å²) in [6, 6.07) is 6.41. The van der Waals surface area contributed by atoms with Crippen molar-refractivity contribution in [1.82, 2.24) is 5.32 Å². The number of aliphatic hydroxyl groups excluding tert-OH is 1. The lowest BCUT2D eigenvalue weighted by Gasteiger charge is -2.10. The van der Waals surface area contributed by atoms with Crippen molar-refractivity contribution in [2.24, 2.45) is 5.92 Å². The highest BCUT2D eigenvalue weighted by Crippen LogP contribution is 2.29. The molecule has 0 aliphatic rings. The van der Waals surface area contributed by atoms with E-state index in [1.807, 2.05) is 0 Å². The fourth-order valence-electron chi connectivity index (χ4n) is 1.46. The Labute approximate surface area is 128 Å². The molecule has 19 heavy (non-hydrogen) atoms. The zero-order valence-corrected chi connectivity index (χ0v) is 13.9. The molecule has 0 bridgehead atoms. The maximum Gasteiger partial charge on any atom is 0.0587 e. The predicted octanol–water partition coefficient (Wildman–Crippen LogP) is 2.91. The predicted molar refractivity (Wildman–Crippen MR) is 84.7 cm³/mol. The molecule has 0 saturated heterocycles. The number of rotatable bonds is 9. The normalized spacial score (nSPS) is 12.6. The second-order valence-corrected chi connectivity index (χ2v) is 6.45. The van der Waals surface area contributed by atoms with E-state index in [9.17, 15) is 0 Å². The van der Waals surface area contributed by atoms with Gasteiger partial charge in [0, 0.05) is 41.9 Å². The molecule has 1 aromatic carbocycles. The monoisotopic (exact) mass is 347 g/mol. The molecule has 0 spiro atoms. The lowest BCUT2D eigenvalue weighted by molar-refractivity contribution is 0.199. The number of benzene rings is 1. The Bertz CT molecular complexity index is 376. The number of halogens is 1. The molecule has 0 aliphatic carbocycles. The van der Waals surface area contributed by atoms with Crippen LogP contribution in [0.15, 0.2) is 27.6 Å². The molecule has 1 atom stereocenters. The molecule has 2 N–H and O–H groups in total. The molecule has 3 nitrogen and oxygen atoms in total. The van der Waals surface area contributed by atoms with Gasteiger partial charge in [0.1, 0.15) is 0 Å². The van der Waals surface area contributed by atoms with Gasteiger partial charge in [0.2, 0.25) is 0 Å². The molecule has 0 saturated carbocycles. The highest BCUT2D eigenvalue weighted by Gasteiger charge is 2.05. The first-order valence-electron chi connectivity index (χ1n) is 6.39. The SMILES string of the molecule is COCCNCc1ccc(SCC(C)CO)c(Br)c1. The molecule has 0 aromatic heterocycles. The molecule has 0 heterocycles. The average molecular weight is 348 g/mol. The molecule has 1 unspecified atom stereocenters. The van der Waals surface area contributed by atoms with Gasteiger partial charge in [-0.15, -0.1) is 11.8 Å². The summed E-state index contributed by atoms with van der Waals surface area (Å²) in [4.78, 5) is 1.22. The maximum absolute atomic E-state index is 9.02. The van der Waals surface area contributed by atoms with Crippen LogP contribution in [0.5, 0.6) is 0 Å². The fourth-order valence-corrected chi connectivity index (χ4v) is 3.16. The van der Waals surface area contributed by atoms with E-state index in [4.69, 9.17) is 9.84 Å². The minimum absolute atomic E-state index is 0.242. The van der Waals surface area contributed by atoms with Crippen LogP contribution in [0.4, 0.5) is 0 Å². The smallest absolute Gasteiger partial charge is 0.0587 e. The van der Waals surface area contributed by atoms with E-state index in [1.54, 1.807) is 18.9 Å². The van der Waals surface area contributed by atoms with Gasteiger partial charge >= 0.3 is 0 Å². The third kappa shape index (κ3) is 6.77. The first kappa shape index (κ1) is 17.0. The van der Waals surface area contributed by atoms with E-state index in [1.165, 1.54) is 10.5 Å². The van der Waals surface area contributed by atoms with Gasteiger partial charge in [0.05, 0.1) is 6.61 Å². The van der Waals surface area contributed by atoms with Gasteiger partial charge in [-0.1, -0.05) is 13.0 Å². The summed E-state index contributed by atoms with van der Waals surface area (Å²) >= 11 is 5.38. The van der Waals surface area contributed by atoms with Crippen LogP contribution in [0.2, 0.25) is 0 Å². The van der Waals surface area contributed by atoms with Crippen molar-refractivity contribution in [3.63, 3.8) is 0 Å². The maximum atomic E-state index is 9.02. The number of thioether (sulfide) groups is 1. The van der Waals surface area contributed by atoms with Gasteiger partial charge in [-0.05, 0) is 39.5 Å². The van der Waals surface area contributed by atoms with Crippen molar-refractivity contribution < 1.29 is 9.84 Å². The Kier molecular flexibility index (Phi) is 8.74. The largest absolute Gasteiger partial charge is 0.396 e. The highest BCUT2D eigenvalue weighted by molar-refractivity contribution is 9.10. The molecule has 1 rings (SSSR count). The summed E-state index contributed by atoms with van der Waals surface area (Å²) in [6.07, 6.45) is 0. The average Bonchev–Trinajstić information content (AvgIpc) is 2.42. The Morgan fingerprint density at radius 2 is 2.26 bits per heavy atom. The van der Waals surface area contributed by atoms with E-state index in [-0.39, 0.29) is 6.61 Å². The quantitative estimate of drug-likeness (QED) is 0.532. The van der Waals surface area contributed by atoms with Crippen LogP contribution < -0.4 is 5.32 Å². The van der Waals surface area contributed by atoms with Crippen LogP contribution in [0.3, 0.4) is 0 Å². The molecule has 0 amide bonds. The molecule has 0 aliphatic heterocycles. The Balaban J connectivity index is 2.45. The van der Waals surface area contributed by atoms with Gasteiger partial charge in [-0.3, -0.25) is 0 Å². The summed E-state index contributed by atoms with van der Waals surface area (Å²) in [6.45, 7) is 4.73. The Morgan fingerprint density at radius 3 is 2.89 bits per heavy atom. The zero-order valence-electron chi connectivity index (χ0n) is 11.5. The number of hydrogen-bond acceptors (Lipinski definition) is 4. The van der Waals surface area contributed by atoms with Crippen LogP contribution in [-0.2, 0) is 11.3 Å². The zero-order chi connectivity index (χ0) is 14.1. The first-order chi connectivity index (χ1) is 9.17. The number of aliphatic hydroxyl groups is 1. The van der Waals surface area contributed by atoms with E-state index < -0.39 is 0 Å². The third-order valence-corrected chi connectivity index (χ3v) is 4.96. The van der Waals surface area contributed by atoms with Crippen LogP contribution in [0.25, 0.3) is 0 Å². The molecular weight excluding hydrogens is 326 g/mol. The van der Waals surface area contributed by atoms with Crippen LogP contribution in [0.1, 0.15) is 12.5 Å².